The van der Waals surface area contributed by atoms with Crippen LogP contribution >= 0.6 is 11.6 Å². The van der Waals surface area contributed by atoms with Gasteiger partial charge in [0.1, 0.15) is 18.8 Å². The van der Waals surface area contributed by atoms with Crippen LogP contribution in [0.25, 0.3) is 0 Å². The normalized spacial score (nSPS) is 11.1. The average Bonchev–Trinajstić information content (AvgIpc) is 3.42. The number of benzene rings is 1. The highest BCUT2D eigenvalue weighted by Crippen LogP contribution is 2.18. The first-order valence-corrected chi connectivity index (χ1v) is 9.45. The van der Waals surface area contributed by atoms with Crippen molar-refractivity contribution in [2.45, 2.75) is 27.1 Å². The number of nitrogens with zero attached hydrogens (tertiary/aromatic N) is 7. The number of aryl methyl sites for hydroxylation is 1. The summed E-state index contributed by atoms with van der Waals surface area (Å²) < 4.78 is 17.8. The molecular formula is C19H18ClFN8O. The van der Waals surface area contributed by atoms with Gasteiger partial charge in [-0.3, -0.25) is 14.8 Å². The molecule has 154 valence electrons. The third-order valence-electron chi connectivity index (χ3n) is 4.46. The van der Waals surface area contributed by atoms with Crippen molar-refractivity contribution in [3.63, 3.8) is 0 Å². The number of carbonyl (C=O) groups is 1. The summed E-state index contributed by atoms with van der Waals surface area (Å²) in [7, 11) is 0. The Bertz CT molecular complexity index is 1190. The molecule has 30 heavy (non-hydrogen) atoms. The maximum Gasteiger partial charge on any atom is 0.278 e. The summed E-state index contributed by atoms with van der Waals surface area (Å²) in [5, 5.41) is 16.1. The Kier molecular flexibility index (Phi) is 5.32. The summed E-state index contributed by atoms with van der Waals surface area (Å²) >= 11 is 6.16. The topological polar surface area (TPSA) is 95.5 Å². The Labute approximate surface area is 176 Å². The van der Waals surface area contributed by atoms with Crippen molar-refractivity contribution in [1.29, 1.82) is 0 Å². The molecule has 0 spiro atoms. The lowest BCUT2D eigenvalue weighted by Gasteiger charge is -2.04. The molecule has 0 saturated carbocycles. The van der Waals surface area contributed by atoms with Crippen LogP contribution in [0.2, 0.25) is 5.02 Å². The monoisotopic (exact) mass is 428 g/mol. The number of carbonyl (C=O) groups excluding carboxylic acids is 1. The minimum atomic E-state index is -0.431. The molecule has 0 radical (unpaired) electrons. The standard InChI is InChI=1S/C19H18ClFN8O/c1-12-17(20)13(2)29(24-12)11-27-8-7-16(25-27)18(30)23-19-22-10-28(26-19)9-14-3-5-15(21)6-4-14/h3-8,10H,9,11H2,1-2H3,(H,23,26,30). The van der Waals surface area contributed by atoms with E-state index in [1.54, 1.807) is 38.4 Å². The van der Waals surface area contributed by atoms with E-state index in [0.29, 0.717) is 18.2 Å². The molecule has 0 unspecified atom stereocenters. The summed E-state index contributed by atoms with van der Waals surface area (Å²) in [4.78, 5) is 16.5. The van der Waals surface area contributed by atoms with Crippen molar-refractivity contribution in [2.24, 2.45) is 0 Å². The predicted molar refractivity (Wildman–Crippen MR) is 108 cm³/mol. The molecule has 4 aromatic rings. The second-order valence-electron chi connectivity index (χ2n) is 6.71. The zero-order valence-corrected chi connectivity index (χ0v) is 17.0. The smallest absolute Gasteiger partial charge is 0.278 e. The van der Waals surface area contributed by atoms with E-state index < -0.39 is 5.91 Å². The van der Waals surface area contributed by atoms with E-state index in [1.165, 1.54) is 18.5 Å². The molecule has 0 aliphatic rings. The van der Waals surface area contributed by atoms with Gasteiger partial charge in [0.25, 0.3) is 5.91 Å². The second kappa shape index (κ2) is 8.07. The van der Waals surface area contributed by atoms with Crippen LogP contribution < -0.4 is 5.32 Å². The van der Waals surface area contributed by atoms with Crippen molar-refractivity contribution in [2.75, 3.05) is 5.32 Å². The van der Waals surface area contributed by atoms with E-state index in [2.05, 4.69) is 25.6 Å². The third kappa shape index (κ3) is 4.23. The molecule has 0 atom stereocenters. The lowest BCUT2D eigenvalue weighted by atomic mass is 10.2. The van der Waals surface area contributed by atoms with Crippen LogP contribution in [-0.4, -0.2) is 40.2 Å². The lowest BCUT2D eigenvalue weighted by molar-refractivity contribution is 0.102. The number of anilines is 1. The highest BCUT2D eigenvalue weighted by molar-refractivity contribution is 6.31. The van der Waals surface area contributed by atoms with Gasteiger partial charge in [0.2, 0.25) is 5.95 Å². The maximum atomic E-state index is 13.0. The van der Waals surface area contributed by atoms with Crippen molar-refractivity contribution in [3.05, 3.63) is 76.3 Å². The first-order valence-electron chi connectivity index (χ1n) is 9.07. The second-order valence-corrected chi connectivity index (χ2v) is 7.09. The molecule has 0 bridgehead atoms. The minimum Gasteiger partial charge on any atom is -0.288 e. The van der Waals surface area contributed by atoms with E-state index in [4.69, 9.17) is 11.6 Å². The average molecular weight is 429 g/mol. The van der Waals surface area contributed by atoms with E-state index in [9.17, 15) is 9.18 Å². The van der Waals surface area contributed by atoms with Gasteiger partial charge < -0.3 is 0 Å². The molecule has 1 N–H and O–H groups in total. The molecule has 9 nitrogen and oxygen atoms in total. The molecule has 0 aliphatic carbocycles. The van der Waals surface area contributed by atoms with Gasteiger partial charge in [-0.1, -0.05) is 23.7 Å². The summed E-state index contributed by atoms with van der Waals surface area (Å²) in [5.74, 6) is -0.577. The number of halogens is 2. The van der Waals surface area contributed by atoms with Gasteiger partial charge in [-0.2, -0.15) is 10.2 Å². The summed E-state index contributed by atoms with van der Waals surface area (Å²) in [5.41, 5.74) is 2.65. The van der Waals surface area contributed by atoms with Gasteiger partial charge in [0, 0.05) is 6.20 Å². The number of aromatic nitrogens is 7. The molecule has 11 heteroatoms. The molecule has 3 heterocycles. The van der Waals surface area contributed by atoms with Crippen LogP contribution in [0, 0.1) is 19.7 Å². The SMILES string of the molecule is Cc1nn(Cn2ccc(C(=O)Nc3ncn(Cc4ccc(F)cc4)n3)n2)c(C)c1Cl. The van der Waals surface area contributed by atoms with Gasteiger partial charge >= 0.3 is 0 Å². The molecule has 0 aliphatic heterocycles. The Morgan fingerprint density at radius 2 is 1.87 bits per heavy atom. The van der Waals surface area contributed by atoms with Crippen LogP contribution in [0.5, 0.6) is 0 Å². The molecule has 1 aromatic carbocycles. The number of rotatable bonds is 6. The highest BCUT2D eigenvalue weighted by atomic mass is 35.5. The lowest BCUT2D eigenvalue weighted by Crippen LogP contribution is -2.16. The van der Waals surface area contributed by atoms with Crippen LogP contribution in [0.3, 0.4) is 0 Å². The summed E-state index contributed by atoms with van der Waals surface area (Å²) in [6, 6.07) is 7.69. The van der Waals surface area contributed by atoms with E-state index in [-0.39, 0.29) is 17.5 Å². The largest absolute Gasteiger partial charge is 0.288 e. The van der Waals surface area contributed by atoms with Crippen molar-refractivity contribution < 1.29 is 9.18 Å². The van der Waals surface area contributed by atoms with Crippen LogP contribution in [0.15, 0.2) is 42.9 Å². The quantitative estimate of drug-likeness (QED) is 0.509. The van der Waals surface area contributed by atoms with Crippen molar-refractivity contribution >= 4 is 23.5 Å². The Balaban J connectivity index is 1.39. The number of amides is 1. The van der Waals surface area contributed by atoms with Crippen LogP contribution in [0.1, 0.15) is 27.4 Å². The molecule has 0 saturated heterocycles. The molecule has 1 amide bonds. The molecule has 0 fully saturated rings. The minimum absolute atomic E-state index is 0.155. The predicted octanol–water partition coefficient (Wildman–Crippen LogP) is 2.89. The first kappa shape index (κ1) is 19.8. The summed E-state index contributed by atoms with van der Waals surface area (Å²) in [6.07, 6.45) is 3.17. The fraction of sp³-hybridized carbons (Fsp3) is 0.211. The van der Waals surface area contributed by atoms with Gasteiger partial charge in [-0.25, -0.2) is 18.7 Å². The fourth-order valence-electron chi connectivity index (χ4n) is 2.88. The van der Waals surface area contributed by atoms with E-state index >= 15 is 0 Å². The van der Waals surface area contributed by atoms with Gasteiger partial charge in [-0.05, 0) is 37.6 Å². The van der Waals surface area contributed by atoms with Crippen molar-refractivity contribution in [1.82, 2.24) is 34.3 Å². The van der Waals surface area contributed by atoms with E-state index in [0.717, 1.165) is 17.0 Å². The third-order valence-corrected chi connectivity index (χ3v) is 5.01. The maximum absolute atomic E-state index is 13.0. The molecule has 4 rings (SSSR count). The van der Waals surface area contributed by atoms with Crippen molar-refractivity contribution in [3.8, 4) is 0 Å². The summed E-state index contributed by atoms with van der Waals surface area (Å²) in [6.45, 7) is 4.43. The van der Waals surface area contributed by atoms with Crippen LogP contribution in [0.4, 0.5) is 10.3 Å². The Hall–Kier alpha value is -3.53. The fourth-order valence-corrected chi connectivity index (χ4v) is 3.02. The Morgan fingerprint density at radius 3 is 2.57 bits per heavy atom. The van der Waals surface area contributed by atoms with Gasteiger partial charge in [0.05, 0.1) is 23.0 Å². The Morgan fingerprint density at radius 1 is 1.10 bits per heavy atom. The number of nitrogens with one attached hydrogen (secondary N) is 1. The van der Waals surface area contributed by atoms with E-state index in [1.807, 2.05) is 13.8 Å². The van der Waals surface area contributed by atoms with Crippen LogP contribution in [-0.2, 0) is 13.2 Å². The molecule has 3 aromatic heterocycles. The zero-order valence-electron chi connectivity index (χ0n) is 16.3. The first-order chi connectivity index (χ1) is 14.4. The highest BCUT2D eigenvalue weighted by Gasteiger charge is 2.14. The number of hydrogen-bond acceptors (Lipinski definition) is 5. The zero-order chi connectivity index (χ0) is 21.3. The van der Waals surface area contributed by atoms with Gasteiger partial charge in [0.15, 0.2) is 5.69 Å². The number of hydrogen-bond donors (Lipinski definition) is 1. The van der Waals surface area contributed by atoms with Gasteiger partial charge in [-0.15, -0.1) is 5.10 Å². The molecular weight excluding hydrogens is 411 g/mol.